The molecule has 0 spiro atoms. The molecule has 4 nitrogen and oxygen atoms in total. The lowest BCUT2D eigenvalue weighted by atomic mass is 10.1. The van der Waals surface area contributed by atoms with Crippen LogP contribution in [0.5, 0.6) is 0 Å². The normalized spacial score (nSPS) is 13.9. The highest BCUT2D eigenvalue weighted by Crippen LogP contribution is 1.99. The number of aliphatic hydroxyl groups is 2. The minimum Gasteiger partial charge on any atom is -0.389 e. The summed E-state index contributed by atoms with van der Waals surface area (Å²) in [6.07, 6.45) is 4.24. The Kier molecular flexibility index (Phi) is 9.74. The SMILES string of the molecule is CCCCCCOCC(O)CNCC(C)(C)O. The molecule has 0 radical (unpaired) electrons. The average Bonchev–Trinajstić information content (AvgIpc) is 2.21. The second kappa shape index (κ2) is 9.83. The van der Waals surface area contributed by atoms with Gasteiger partial charge in [0, 0.05) is 19.7 Å². The van der Waals surface area contributed by atoms with Crippen LogP contribution in [0.2, 0.25) is 0 Å². The monoisotopic (exact) mass is 247 g/mol. The molecule has 104 valence electrons. The van der Waals surface area contributed by atoms with Gasteiger partial charge < -0.3 is 20.3 Å². The van der Waals surface area contributed by atoms with E-state index in [0.717, 1.165) is 13.0 Å². The maximum atomic E-state index is 9.58. The van der Waals surface area contributed by atoms with E-state index < -0.39 is 11.7 Å². The molecule has 0 heterocycles. The van der Waals surface area contributed by atoms with Crippen molar-refractivity contribution in [2.75, 3.05) is 26.3 Å². The summed E-state index contributed by atoms with van der Waals surface area (Å²) in [6.45, 7) is 7.67. The standard InChI is InChI=1S/C13H29NO3/c1-4-5-6-7-8-17-10-12(15)9-14-11-13(2,3)16/h12,14-16H,4-11H2,1-3H3. The number of aliphatic hydroxyl groups excluding tert-OH is 1. The Morgan fingerprint density at radius 1 is 1.24 bits per heavy atom. The summed E-state index contributed by atoms with van der Waals surface area (Å²) in [5.41, 5.74) is -0.735. The number of hydrogen-bond donors (Lipinski definition) is 3. The van der Waals surface area contributed by atoms with Crippen LogP contribution < -0.4 is 5.32 Å². The fraction of sp³-hybridized carbons (Fsp3) is 1.00. The Morgan fingerprint density at radius 3 is 2.53 bits per heavy atom. The van der Waals surface area contributed by atoms with Gasteiger partial charge in [0.1, 0.15) is 0 Å². The van der Waals surface area contributed by atoms with Crippen molar-refractivity contribution in [3.05, 3.63) is 0 Å². The van der Waals surface area contributed by atoms with Crippen molar-refractivity contribution >= 4 is 0 Å². The molecule has 0 aromatic heterocycles. The average molecular weight is 247 g/mol. The first-order chi connectivity index (χ1) is 7.95. The van der Waals surface area contributed by atoms with Gasteiger partial charge in [-0.15, -0.1) is 0 Å². The van der Waals surface area contributed by atoms with Crippen LogP contribution in [-0.2, 0) is 4.74 Å². The summed E-state index contributed by atoms with van der Waals surface area (Å²) in [5, 5.41) is 22.0. The summed E-state index contributed by atoms with van der Waals surface area (Å²) in [4.78, 5) is 0. The molecule has 0 fully saturated rings. The van der Waals surface area contributed by atoms with Crippen LogP contribution in [0.1, 0.15) is 46.5 Å². The number of hydrogen-bond acceptors (Lipinski definition) is 4. The van der Waals surface area contributed by atoms with Gasteiger partial charge in [-0.1, -0.05) is 26.2 Å². The highest BCUT2D eigenvalue weighted by atomic mass is 16.5. The summed E-state index contributed by atoms with van der Waals surface area (Å²) >= 11 is 0. The van der Waals surface area contributed by atoms with Crippen molar-refractivity contribution in [1.82, 2.24) is 5.32 Å². The van der Waals surface area contributed by atoms with Gasteiger partial charge in [0.2, 0.25) is 0 Å². The van der Waals surface area contributed by atoms with Gasteiger partial charge in [0.05, 0.1) is 18.3 Å². The molecular formula is C13H29NO3. The maximum Gasteiger partial charge on any atom is 0.0897 e. The van der Waals surface area contributed by atoms with Gasteiger partial charge in [0.25, 0.3) is 0 Å². The maximum absolute atomic E-state index is 9.58. The van der Waals surface area contributed by atoms with Crippen LogP contribution in [0, 0.1) is 0 Å². The van der Waals surface area contributed by atoms with Crippen molar-refractivity contribution in [2.24, 2.45) is 0 Å². The summed E-state index contributed by atoms with van der Waals surface area (Å²) in [7, 11) is 0. The Labute approximate surface area is 105 Å². The Hall–Kier alpha value is -0.160. The quantitative estimate of drug-likeness (QED) is 0.482. The Bertz CT molecular complexity index is 169. The summed E-state index contributed by atoms with van der Waals surface area (Å²) in [5.74, 6) is 0. The molecule has 0 aliphatic rings. The summed E-state index contributed by atoms with van der Waals surface area (Å²) < 4.78 is 5.37. The second-order valence-electron chi connectivity index (χ2n) is 5.23. The van der Waals surface area contributed by atoms with E-state index in [1.165, 1.54) is 19.3 Å². The number of rotatable bonds is 11. The molecule has 0 bridgehead atoms. The van der Waals surface area contributed by atoms with Crippen LogP contribution in [0.25, 0.3) is 0 Å². The minimum atomic E-state index is -0.735. The molecule has 0 aromatic carbocycles. The van der Waals surface area contributed by atoms with Crippen molar-refractivity contribution in [3.8, 4) is 0 Å². The van der Waals surface area contributed by atoms with Crippen LogP contribution >= 0.6 is 0 Å². The first kappa shape index (κ1) is 16.8. The molecule has 0 amide bonds. The highest BCUT2D eigenvalue weighted by Gasteiger charge is 2.12. The predicted molar refractivity (Wildman–Crippen MR) is 70.1 cm³/mol. The van der Waals surface area contributed by atoms with Crippen LogP contribution in [0.4, 0.5) is 0 Å². The Balaban J connectivity index is 3.26. The molecule has 0 aromatic rings. The molecule has 0 rings (SSSR count). The molecule has 0 saturated heterocycles. The van der Waals surface area contributed by atoms with Crippen LogP contribution in [0.15, 0.2) is 0 Å². The van der Waals surface area contributed by atoms with Crippen LogP contribution in [-0.4, -0.2) is 48.2 Å². The van der Waals surface area contributed by atoms with Gasteiger partial charge in [-0.05, 0) is 20.3 Å². The first-order valence-corrected chi connectivity index (χ1v) is 6.64. The van der Waals surface area contributed by atoms with Crippen molar-refractivity contribution in [3.63, 3.8) is 0 Å². The van der Waals surface area contributed by atoms with Gasteiger partial charge >= 0.3 is 0 Å². The summed E-state index contributed by atoms with van der Waals surface area (Å²) in [6, 6.07) is 0. The smallest absolute Gasteiger partial charge is 0.0897 e. The third kappa shape index (κ3) is 13.8. The molecule has 1 atom stereocenters. The van der Waals surface area contributed by atoms with Gasteiger partial charge in [-0.25, -0.2) is 0 Å². The van der Waals surface area contributed by atoms with Crippen molar-refractivity contribution in [1.29, 1.82) is 0 Å². The van der Waals surface area contributed by atoms with E-state index in [9.17, 15) is 10.2 Å². The third-order valence-corrected chi connectivity index (χ3v) is 2.39. The van der Waals surface area contributed by atoms with E-state index in [1.54, 1.807) is 13.8 Å². The third-order valence-electron chi connectivity index (χ3n) is 2.39. The minimum absolute atomic E-state index is 0.366. The van der Waals surface area contributed by atoms with E-state index in [-0.39, 0.29) is 0 Å². The van der Waals surface area contributed by atoms with E-state index in [2.05, 4.69) is 12.2 Å². The van der Waals surface area contributed by atoms with E-state index in [0.29, 0.717) is 19.7 Å². The zero-order valence-corrected chi connectivity index (χ0v) is 11.5. The van der Waals surface area contributed by atoms with Gasteiger partial charge in [-0.3, -0.25) is 0 Å². The largest absolute Gasteiger partial charge is 0.389 e. The lowest BCUT2D eigenvalue weighted by Crippen LogP contribution is -2.39. The van der Waals surface area contributed by atoms with E-state index in [1.807, 2.05) is 0 Å². The molecule has 1 unspecified atom stereocenters. The lowest BCUT2D eigenvalue weighted by molar-refractivity contribution is 0.0291. The predicted octanol–water partition coefficient (Wildman–Crippen LogP) is 1.30. The van der Waals surface area contributed by atoms with Crippen molar-refractivity contribution < 1.29 is 14.9 Å². The molecule has 0 aliphatic carbocycles. The molecule has 4 heteroatoms. The zero-order chi connectivity index (χ0) is 13.1. The molecule has 0 aliphatic heterocycles. The molecule has 0 saturated carbocycles. The number of nitrogens with one attached hydrogen (secondary N) is 1. The lowest BCUT2D eigenvalue weighted by Gasteiger charge is -2.19. The zero-order valence-electron chi connectivity index (χ0n) is 11.5. The highest BCUT2D eigenvalue weighted by molar-refractivity contribution is 4.69. The molecular weight excluding hydrogens is 218 g/mol. The van der Waals surface area contributed by atoms with Gasteiger partial charge in [0.15, 0.2) is 0 Å². The molecule has 3 N–H and O–H groups in total. The molecule has 17 heavy (non-hydrogen) atoms. The van der Waals surface area contributed by atoms with Gasteiger partial charge in [-0.2, -0.15) is 0 Å². The fourth-order valence-corrected chi connectivity index (χ4v) is 1.45. The second-order valence-corrected chi connectivity index (χ2v) is 5.23. The fourth-order valence-electron chi connectivity index (χ4n) is 1.45. The van der Waals surface area contributed by atoms with Crippen LogP contribution in [0.3, 0.4) is 0 Å². The Morgan fingerprint density at radius 2 is 1.94 bits per heavy atom. The van der Waals surface area contributed by atoms with E-state index in [4.69, 9.17) is 4.74 Å². The van der Waals surface area contributed by atoms with E-state index >= 15 is 0 Å². The van der Waals surface area contributed by atoms with Crippen molar-refractivity contribution in [2.45, 2.75) is 58.2 Å². The number of unbranched alkanes of at least 4 members (excludes halogenated alkanes) is 3. The topological polar surface area (TPSA) is 61.7 Å². The first-order valence-electron chi connectivity index (χ1n) is 6.64. The number of ether oxygens (including phenoxy) is 1.